The number of thiocarbonyl (C=S) groups is 1. The van der Waals surface area contributed by atoms with Gasteiger partial charge in [0.25, 0.3) is 5.91 Å². The maximum atomic E-state index is 13.2. The third-order valence-electron chi connectivity index (χ3n) is 6.23. The van der Waals surface area contributed by atoms with E-state index < -0.39 is 5.97 Å². The molecule has 1 amide bonds. The van der Waals surface area contributed by atoms with Crippen LogP contribution in [0, 0.1) is 0 Å². The van der Waals surface area contributed by atoms with Crippen molar-refractivity contribution in [1.29, 1.82) is 0 Å². The summed E-state index contributed by atoms with van der Waals surface area (Å²) in [6.07, 6.45) is 4.25. The van der Waals surface area contributed by atoms with Crippen LogP contribution in [-0.4, -0.2) is 44.8 Å². The fourth-order valence-electron chi connectivity index (χ4n) is 4.29. The third-order valence-corrected chi connectivity index (χ3v) is 7.61. The molecule has 0 spiro atoms. The van der Waals surface area contributed by atoms with Gasteiger partial charge in [-0.1, -0.05) is 42.2 Å². The molecule has 4 N–H and O–H groups in total. The summed E-state index contributed by atoms with van der Waals surface area (Å²) in [4.78, 5) is 29.5. The zero-order valence-corrected chi connectivity index (χ0v) is 21.5. The topological polar surface area (TPSA) is 109 Å². The molecule has 1 fully saturated rings. The number of aromatic carboxylic acids is 1. The molecule has 37 heavy (non-hydrogen) atoms. The number of carboxylic acid groups (broad SMARTS) is 1. The Morgan fingerprint density at radius 1 is 1.16 bits per heavy atom. The summed E-state index contributed by atoms with van der Waals surface area (Å²) < 4.78 is 6.10. The molecule has 1 aliphatic rings. The van der Waals surface area contributed by atoms with E-state index in [4.69, 9.17) is 27.8 Å². The Bertz CT molecular complexity index is 1570. The number of benzene rings is 3. The molecule has 7 nitrogen and oxygen atoms in total. The third kappa shape index (κ3) is 4.96. The zero-order chi connectivity index (χ0) is 26.1. The van der Waals surface area contributed by atoms with E-state index in [0.717, 1.165) is 33.2 Å². The number of carbonyl (C=O) groups excluding carboxylic acids is 1. The summed E-state index contributed by atoms with van der Waals surface area (Å²) >= 11 is 6.76. The van der Waals surface area contributed by atoms with Crippen LogP contribution in [0.15, 0.2) is 71.8 Å². The van der Waals surface area contributed by atoms with Crippen molar-refractivity contribution in [3.05, 3.63) is 88.5 Å². The second kappa shape index (κ2) is 10.1. The smallest absolute Gasteiger partial charge is 0.335 e. The molecule has 1 aliphatic heterocycles. The number of hydrogen-bond acceptors (Lipinski definition) is 6. The van der Waals surface area contributed by atoms with Crippen molar-refractivity contribution in [2.24, 2.45) is 0 Å². The van der Waals surface area contributed by atoms with E-state index in [1.54, 1.807) is 36.3 Å². The summed E-state index contributed by atoms with van der Waals surface area (Å²) in [6.45, 7) is 0.414. The highest BCUT2D eigenvalue weighted by Crippen LogP contribution is 2.37. The molecule has 4 aromatic rings. The number of amides is 1. The first-order valence-electron chi connectivity index (χ1n) is 11.5. The van der Waals surface area contributed by atoms with Gasteiger partial charge in [-0.2, -0.15) is 0 Å². The number of hydrogen-bond donors (Lipinski definition) is 3. The number of carboxylic acids is 1. The van der Waals surface area contributed by atoms with E-state index >= 15 is 0 Å². The lowest BCUT2D eigenvalue weighted by Gasteiger charge is -2.14. The van der Waals surface area contributed by atoms with Crippen molar-refractivity contribution in [3.63, 3.8) is 0 Å². The van der Waals surface area contributed by atoms with Crippen molar-refractivity contribution < 1.29 is 19.4 Å². The first-order valence-corrected chi connectivity index (χ1v) is 12.7. The molecule has 1 saturated heterocycles. The van der Waals surface area contributed by atoms with Crippen LogP contribution in [-0.2, 0) is 11.2 Å². The number of anilines is 1. The minimum atomic E-state index is -0.969. The molecule has 3 aromatic carbocycles. The van der Waals surface area contributed by atoms with Crippen LogP contribution in [0.2, 0.25) is 0 Å². The average Bonchev–Trinajstić information content (AvgIpc) is 3.47. The van der Waals surface area contributed by atoms with Gasteiger partial charge in [0.2, 0.25) is 0 Å². The number of thioether (sulfide) groups is 1. The van der Waals surface area contributed by atoms with Gasteiger partial charge < -0.3 is 20.6 Å². The highest BCUT2D eigenvalue weighted by molar-refractivity contribution is 8.26. The summed E-state index contributed by atoms with van der Waals surface area (Å²) in [5.74, 6) is -0.417. The molecule has 0 atom stereocenters. The first-order chi connectivity index (χ1) is 17.8. The Hall–Kier alpha value is -4.08. The fraction of sp³-hybridized carbons (Fsp3) is 0.107. The molecule has 0 saturated carbocycles. The fourth-order valence-corrected chi connectivity index (χ4v) is 5.60. The van der Waals surface area contributed by atoms with Crippen molar-refractivity contribution >= 4 is 62.8 Å². The molecule has 0 bridgehead atoms. The maximum absolute atomic E-state index is 13.2. The highest BCUT2D eigenvalue weighted by Gasteiger charge is 2.31. The Morgan fingerprint density at radius 3 is 2.68 bits per heavy atom. The molecule has 2 heterocycles. The monoisotopic (exact) mass is 529 g/mol. The Balaban J connectivity index is 1.38. The van der Waals surface area contributed by atoms with Gasteiger partial charge in [0.1, 0.15) is 10.1 Å². The lowest BCUT2D eigenvalue weighted by Crippen LogP contribution is -2.30. The normalized spacial score (nSPS) is 14.6. The molecular weight excluding hydrogens is 506 g/mol. The summed E-state index contributed by atoms with van der Waals surface area (Å²) in [7, 11) is 1.62. The Labute approximate surface area is 222 Å². The molecule has 5 rings (SSSR count). The van der Waals surface area contributed by atoms with Crippen LogP contribution >= 0.6 is 24.0 Å². The second-order valence-corrected chi connectivity index (χ2v) is 10.2. The lowest BCUT2D eigenvalue weighted by molar-refractivity contribution is -0.122. The number of nitrogens with two attached hydrogens (primary N) is 1. The standard InChI is InChI=1S/C28H23N3O4S2/c1-35-24-7-4-17(12-21(24)19-14-22(29)20-8-10-30-23(20)15-19)13-25-26(32)31(28(36)37-25)11-9-16-2-5-18(6-3-16)27(33)34/h2-8,10,12-15,30H,9,11,29H2,1H3,(H,33,34)/b25-13-. The number of ether oxygens (including phenoxy) is 1. The molecule has 0 aliphatic carbocycles. The van der Waals surface area contributed by atoms with Crippen molar-refractivity contribution in [2.45, 2.75) is 6.42 Å². The molecule has 0 radical (unpaired) electrons. The van der Waals surface area contributed by atoms with E-state index in [0.29, 0.717) is 33.6 Å². The number of nitrogens with zero attached hydrogens (tertiary/aromatic N) is 1. The Morgan fingerprint density at radius 2 is 1.95 bits per heavy atom. The number of nitrogen functional groups attached to an aromatic ring is 1. The lowest BCUT2D eigenvalue weighted by atomic mass is 9.99. The van der Waals surface area contributed by atoms with E-state index in [9.17, 15) is 9.59 Å². The number of aromatic nitrogens is 1. The van der Waals surface area contributed by atoms with Gasteiger partial charge in [0.05, 0.1) is 17.6 Å². The largest absolute Gasteiger partial charge is 0.496 e. The number of rotatable bonds is 7. The molecule has 186 valence electrons. The average molecular weight is 530 g/mol. The van der Waals surface area contributed by atoms with E-state index in [1.807, 2.05) is 48.7 Å². The van der Waals surface area contributed by atoms with Crippen LogP contribution in [0.25, 0.3) is 28.1 Å². The summed E-state index contributed by atoms with van der Waals surface area (Å²) in [6, 6.07) is 18.3. The number of H-pyrrole nitrogens is 1. The SMILES string of the molecule is COc1ccc(/C=C2\SC(=S)N(CCc3ccc(C(=O)O)cc3)C2=O)cc1-c1cc(N)c2cc[nH]c2c1. The maximum Gasteiger partial charge on any atom is 0.335 e. The van der Waals surface area contributed by atoms with Gasteiger partial charge in [-0.15, -0.1) is 0 Å². The second-order valence-electron chi connectivity index (χ2n) is 8.55. The zero-order valence-electron chi connectivity index (χ0n) is 19.9. The van der Waals surface area contributed by atoms with Gasteiger partial charge in [0.15, 0.2) is 0 Å². The van der Waals surface area contributed by atoms with Crippen LogP contribution in [0.1, 0.15) is 21.5 Å². The number of fused-ring (bicyclic) bond motifs is 1. The van der Waals surface area contributed by atoms with Crippen LogP contribution < -0.4 is 10.5 Å². The molecule has 0 unspecified atom stereocenters. The number of nitrogens with one attached hydrogen (secondary N) is 1. The van der Waals surface area contributed by atoms with E-state index in [1.165, 1.54) is 11.8 Å². The highest BCUT2D eigenvalue weighted by atomic mass is 32.2. The van der Waals surface area contributed by atoms with Crippen LogP contribution in [0.5, 0.6) is 5.75 Å². The summed E-state index contributed by atoms with van der Waals surface area (Å²) in [5, 5.41) is 10.0. The Kier molecular flexibility index (Phi) is 6.73. The number of methoxy groups -OCH3 is 1. The minimum absolute atomic E-state index is 0.147. The van der Waals surface area contributed by atoms with E-state index in [2.05, 4.69) is 4.98 Å². The minimum Gasteiger partial charge on any atom is -0.496 e. The molecular formula is C28H23N3O4S2. The van der Waals surface area contributed by atoms with Crippen molar-refractivity contribution in [2.75, 3.05) is 19.4 Å². The van der Waals surface area contributed by atoms with Crippen molar-refractivity contribution in [3.8, 4) is 16.9 Å². The number of aromatic amines is 1. The van der Waals surface area contributed by atoms with Gasteiger partial charge in [-0.25, -0.2) is 4.79 Å². The predicted molar refractivity (Wildman–Crippen MR) is 152 cm³/mol. The van der Waals surface area contributed by atoms with Crippen LogP contribution in [0.4, 0.5) is 5.69 Å². The van der Waals surface area contributed by atoms with Gasteiger partial charge in [-0.3, -0.25) is 9.69 Å². The number of carbonyl (C=O) groups is 2. The predicted octanol–water partition coefficient (Wildman–Crippen LogP) is 5.57. The van der Waals surface area contributed by atoms with E-state index in [-0.39, 0.29) is 11.5 Å². The quantitative estimate of drug-likeness (QED) is 0.163. The first kappa shape index (κ1) is 24.6. The van der Waals surface area contributed by atoms with Gasteiger partial charge in [0, 0.05) is 34.9 Å². The summed E-state index contributed by atoms with van der Waals surface area (Å²) in [5.41, 5.74) is 11.6. The van der Waals surface area contributed by atoms with Crippen LogP contribution in [0.3, 0.4) is 0 Å². The molecule has 1 aromatic heterocycles. The van der Waals surface area contributed by atoms with Crippen molar-refractivity contribution in [1.82, 2.24) is 9.88 Å². The van der Waals surface area contributed by atoms with Gasteiger partial charge in [-0.05, 0) is 71.7 Å². The molecule has 9 heteroatoms. The van der Waals surface area contributed by atoms with Gasteiger partial charge >= 0.3 is 5.97 Å².